The van der Waals surface area contributed by atoms with Gasteiger partial charge in [0.25, 0.3) is 0 Å². The van der Waals surface area contributed by atoms with Gasteiger partial charge in [-0.1, -0.05) is 56.3 Å². The lowest BCUT2D eigenvalue weighted by atomic mass is 9.94. The number of benzene rings is 2. The van der Waals surface area contributed by atoms with Crippen LogP contribution >= 0.6 is 0 Å². The Labute approximate surface area is 114 Å². The minimum Gasteiger partial charge on any atom is -0.294 e. The van der Waals surface area contributed by atoms with Crippen LogP contribution in [-0.2, 0) is 6.42 Å². The molecule has 0 fully saturated rings. The molecule has 1 nitrogen and oxygen atoms in total. The number of hydrogen-bond donors (Lipinski definition) is 0. The van der Waals surface area contributed by atoms with E-state index in [1.807, 2.05) is 12.1 Å². The lowest BCUT2D eigenvalue weighted by molar-refractivity contribution is 0.0967. The smallest absolute Gasteiger partial charge is 0.163 e. The second-order valence-corrected chi connectivity index (χ2v) is 5.69. The van der Waals surface area contributed by atoms with E-state index in [0.717, 1.165) is 12.0 Å². The van der Waals surface area contributed by atoms with Gasteiger partial charge in [-0.15, -0.1) is 0 Å². The van der Waals surface area contributed by atoms with Crippen LogP contribution in [0.5, 0.6) is 0 Å². The number of fused-ring (bicyclic) bond motifs is 3. The second-order valence-electron chi connectivity index (χ2n) is 5.69. The molecule has 2 aromatic rings. The lowest BCUT2D eigenvalue weighted by Gasteiger charge is -2.09. The van der Waals surface area contributed by atoms with E-state index in [1.54, 1.807) is 0 Å². The van der Waals surface area contributed by atoms with Crippen LogP contribution in [0.1, 0.15) is 41.8 Å². The van der Waals surface area contributed by atoms with Crippen molar-refractivity contribution in [2.45, 2.75) is 26.7 Å². The molecule has 96 valence electrons. The number of carbonyl (C=O) groups excluding carboxylic acids is 1. The quantitative estimate of drug-likeness (QED) is 0.626. The minimum absolute atomic E-state index is 0.277. The van der Waals surface area contributed by atoms with Crippen LogP contribution < -0.4 is 0 Å². The first-order valence-electron chi connectivity index (χ1n) is 6.90. The van der Waals surface area contributed by atoms with Crippen LogP contribution in [0.4, 0.5) is 0 Å². The molecule has 0 radical (unpaired) electrons. The Morgan fingerprint density at radius 2 is 1.79 bits per heavy atom. The van der Waals surface area contributed by atoms with Crippen molar-refractivity contribution in [2.75, 3.05) is 0 Å². The van der Waals surface area contributed by atoms with E-state index in [9.17, 15) is 4.79 Å². The van der Waals surface area contributed by atoms with Gasteiger partial charge in [0, 0.05) is 12.0 Å². The van der Waals surface area contributed by atoms with Crippen molar-refractivity contribution >= 4 is 5.78 Å². The fraction of sp³-hybridized carbons (Fsp3) is 0.278. The van der Waals surface area contributed by atoms with Gasteiger partial charge in [-0.3, -0.25) is 4.79 Å². The predicted molar refractivity (Wildman–Crippen MR) is 78.5 cm³/mol. The van der Waals surface area contributed by atoms with Gasteiger partial charge in [-0.25, -0.2) is 0 Å². The molecule has 0 unspecified atom stereocenters. The summed E-state index contributed by atoms with van der Waals surface area (Å²) in [5, 5.41) is 0. The van der Waals surface area contributed by atoms with Gasteiger partial charge in [0.1, 0.15) is 0 Å². The van der Waals surface area contributed by atoms with Crippen molar-refractivity contribution in [2.24, 2.45) is 5.92 Å². The first-order chi connectivity index (χ1) is 9.16. The Morgan fingerprint density at radius 3 is 2.58 bits per heavy atom. The molecule has 0 spiro atoms. The van der Waals surface area contributed by atoms with Gasteiger partial charge in [0.2, 0.25) is 0 Å². The number of hydrogen-bond acceptors (Lipinski definition) is 1. The van der Waals surface area contributed by atoms with Crippen LogP contribution in [0, 0.1) is 5.92 Å². The van der Waals surface area contributed by atoms with E-state index in [2.05, 4.69) is 44.2 Å². The standard InChI is InChI=1S/C18H18O/c1-12(2)10-18(19)16-9-5-8-15-14-7-4-3-6-13(14)11-17(15)16/h3-9,12H,10-11H2,1-2H3. The fourth-order valence-electron chi connectivity index (χ4n) is 2.90. The Hall–Kier alpha value is -1.89. The highest BCUT2D eigenvalue weighted by Crippen LogP contribution is 2.38. The molecule has 0 saturated heterocycles. The number of rotatable bonds is 3. The van der Waals surface area contributed by atoms with Gasteiger partial charge in [-0.05, 0) is 34.6 Å². The van der Waals surface area contributed by atoms with Crippen molar-refractivity contribution < 1.29 is 4.79 Å². The average molecular weight is 250 g/mol. The van der Waals surface area contributed by atoms with Gasteiger partial charge in [-0.2, -0.15) is 0 Å². The first-order valence-corrected chi connectivity index (χ1v) is 6.90. The van der Waals surface area contributed by atoms with Crippen LogP contribution in [0.25, 0.3) is 11.1 Å². The Morgan fingerprint density at radius 1 is 1.05 bits per heavy atom. The number of Topliss-reactive ketones (excluding diaryl/α,β-unsaturated/α-hetero) is 1. The molecule has 3 rings (SSSR count). The molecule has 1 heteroatoms. The van der Waals surface area contributed by atoms with Gasteiger partial charge >= 0.3 is 0 Å². The van der Waals surface area contributed by atoms with E-state index < -0.39 is 0 Å². The van der Waals surface area contributed by atoms with Crippen molar-refractivity contribution in [3.05, 3.63) is 59.2 Å². The molecular weight excluding hydrogens is 232 g/mol. The van der Waals surface area contributed by atoms with Crippen LogP contribution in [0.3, 0.4) is 0 Å². The summed E-state index contributed by atoms with van der Waals surface area (Å²) >= 11 is 0. The molecule has 0 aromatic heterocycles. The zero-order chi connectivity index (χ0) is 13.4. The Kier molecular flexibility index (Phi) is 2.98. The Bertz CT molecular complexity index is 638. The molecule has 19 heavy (non-hydrogen) atoms. The third-order valence-electron chi connectivity index (χ3n) is 3.74. The minimum atomic E-state index is 0.277. The highest BCUT2D eigenvalue weighted by atomic mass is 16.1. The van der Waals surface area contributed by atoms with Gasteiger partial charge < -0.3 is 0 Å². The van der Waals surface area contributed by atoms with Gasteiger partial charge in [0.05, 0.1) is 0 Å². The number of ketones is 1. The summed E-state index contributed by atoms with van der Waals surface area (Å²) in [7, 11) is 0. The summed E-state index contributed by atoms with van der Waals surface area (Å²) < 4.78 is 0. The maximum Gasteiger partial charge on any atom is 0.163 e. The highest BCUT2D eigenvalue weighted by Gasteiger charge is 2.23. The highest BCUT2D eigenvalue weighted by molar-refractivity contribution is 6.00. The van der Waals surface area contributed by atoms with E-state index in [-0.39, 0.29) is 5.78 Å². The van der Waals surface area contributed by atoms with Crippen molar-refractivity contribution in [3.63, 3.8) is 0 Å². The summed E-state index contributed by atoms with van der Waals surface area (Å²) in [6, 6.07) is 14.6. The summed E-state index contributed by atoms with van der Waals surface area (Å²) in [5.41, 5.74) is 6.00. The molecule has 0 amide bonds. The van der Waals surface area contributed by atoms with Crippen molar-refractivity contribution in [3.8, 4) is 11.1 Å². The number of carbonyl (C=O) groups is 1. The summed E-state index contributed by atoms with van der Waals surface area (Å²) in [4.78, 5) is 12.4. The van der Waals surface area contributed by atoms with E-state index in [4.69, 9.17) is 0 Å². The summed E-state index contributed by atoms with van der Waals surface area (Å²) in [5.74, 6) is 0.687. The largest absolute Gasteiger partial charge is 0.294 e. The molecular formula is C18H18O. The molecule has 1 aliphatic rings. The maximum atomic E-state index is 12.4. The zero-order valence-corrected chi connectivity index (χ0v) is 11.4. The predicted octanol–water partition coefficient (Wildman–Crippen LogP) is 4.49. The monoisotopic (exact) mass is 250 g/mol. The molecule has 0 N–H and O–H groups in total. The fourth-order valence-corrected chi connectivity index (χ4v) is 2.90. The molecule has 0 aliphatic heterocycles. The maximum absolute atomic E-state index is 12.4. The molecule has 2 aromatic carbocycles. The third-order valence-corrected chi connectivity index (χ3v) is 3.74. The third kappa shape index (κ3) is 2.10. The van der Waals surface area contributed by atoms with Crippen molar-refractivity contribution in [1.29, 1.82) is 0 Å². The normalized spacial score (nSPS) is 12.4. The lowest BCUT2D eigenvalue weighted by Crippen LogP contribution is -2.06. The molecule has 0 bridgehead atoms. The average Bonchev–Trinajstić information content (AvgIpc) is 2.76. The topological polar surface area (TPSA) is 17.1 Å². The SMILES string of the molecule is CC(C)CC(=O)c1cccc2c1Cc1ccccc1-2. The molecule has 0 heterocycles. The molecule has 0 saturated carbocycles. The van der Waals surface area contributed by atoms with Crippen LogP contribution in [0.15, 0.2) is 42.5 Å². The van der Waals surface area contributed by atoms with E-state index in [1.165, 1.54) is 22.3 Å². The molecule has 0 atom stereocenters. The Balaban J connectivity index is 2.06. The second kappa shape index (κ2) is 4.65. The zero-order valence-electron chi connectivity index (χ0n) is 11.4. The van der Waals surface area contributed by atoms with Crippen LogP contribution in [0.2, 0.25) is 0 Å². The molecule has 1 aliphatic carbocycles. The van der Waals surface area contributed by atoms with E-state index in [0.29, 0.717) is 12.3 Å². The first kappa shape index (κ1) is 12.2. The van der Waals surface area contributed by atoms with Gasteiger partial charge in [0.15, 0.2) is 5.78 Å². The van der Waals surface area contributed by atoms with Crippen molar-refractivity contribution in [1.82, 2.24) is 0 Å². The summed E-state index contributed by atoms with van der Waals surface area (Å²) in [6.07, 6.45) is 1.53. The van der Waals surface area contributed by atoms with E-state index >= 15 is 0 Å². The van der Waals surface area contributed by atoms with Crippen LogP contribution in [-0.4, -0.2) is 5.78 Å². The summed E-state index contributed by atoms with van der Waals surface area (Å²) in [6.45, 7) is 4.19.